The number of nitrogens with zero attached hydrogens (tertiary/aromatic N) is 3. The molecule has 1 fully saturated rings. The number of benzene rings is 1. The minimum absolute atomic E-state index is 0.277. The van der Waals surface area contributed by atoms with Gasteiger partial charge in [0.25, 0.3) is 16.0 Å². The van der Waals surface area contributed by atoms with Crippen LogP contribution in [-0.4, -0.2) is 70.0 Å². The zero-order chi connectivity index (χ0) is 20.0. The first-order valence-corrected chi connectivity index (χ1v) is 9.70. The van der Waals surface area contributed by atoms with Gasteiger partial charge in [-0.05, 0) is 17.7 Å². The molecule has 1 heterocycles. The van der Waals surface area contributed by atoms with Crippen molar-refractivity contribution in [1.29, 1.82) is 0 Å². The molecule has 12 heteroatoms. The lowest BCUT2D eigenvalue weighted by atomic mass is 9.96. The number of azide groups is 1. The third-order valence-electron chi connectivity index (χ3n) is 3.85. The van der Waals surface area contributed by atoms with E-state index < -0.39 is 46.7 Å². The van der Waals surface area contributed by atoms with Gasteiger partial charge < -0.3 is 19.9 Å². The second-order valence-electron chi connectivity index (χ2n) is 5.81. The molecule has 0 aliphatic carbocycles. The van der Waals surface area contributed by atoms with Gasteiger partial charge in [-0.1, -0.05) is 23.3 Å². The molecule has 11 nitrogen and oxygen atoms in total. The summed E-state index contributed by atoms with van der Waals surface area (Å²) in [5.74, 6) is -0.533. The van der Waals surface area contributed by atoms with Crippen LogP contribution in [0.2, 0.25) is 0 Å². The van der Waals surface area contributed by atoms with Gasteiger partial charge in [0.15, 0.2) is 6.29 Å². The molecule has 148 valence electrons. The Kier molecular flexibility index (Phi) is 7.13. The van der Waals surface area contributed by atoms with Crippen molar-refractivity contribution in [2.24, 2.45) is 5.11 Å². The van der Waals surface area contributed by atoms with Gasteiger partial charge in [-0.3, -0.25) is 8.98 Å². The van der Waals surface area contributed by atoms with E-state index in [0.717, 1.165) is 6.26 Å². The molecule has 1 amide bonds. The summed E-state index contributed by atoms with van der Waals surface area (Å²) in [6.45, 7) is -0.277. The van der Waals surface area contributed by atoms with Crippen LogP contribution in [0.3, 0.4) is 0 Å². The monoisotopic (exact) mass is 400 g/mol. The molecule has 1 aromatic rings. The van der Waals surface area contributed by atoms with E-state index in [0.29, 0.717) is 5.56 Å². The number of methoxy groups -OCH3 is 1. The van der Waals surface area contributed by atoms with Crippen LogP contribution in [0.25, 0.3) is 10.4 Å². The van der Waals surface area contributed by atoms with Crippen LogP contribution in [0.4, 0.5) is 0 Å². The molecule has 1 saturated heterocycles. The highest BCUT2D eigenvalue weighted by Gasteiger charge is 2.48. The van der Waals surface area contributed by atoms with Crippen molar-refractivity contribution in [3.63, 3.8) is 0 Å². The van der Waals surface area contributed by atoms with E-state index in [9.17, 15) is 18.3 Å². The summed E-state index contributed by atoms with van der Waals surface area (Å²) in [6, 6.07) is 7.04. The molecule has 2 N–H and O–H groups in total. The highest BCUT2D eigenvalue weighted by molar-refractivity contribution is 7.86. The second-order valence-corrected chi connectivity index (χ2v) is 7.41. The van der Waals surface area contributed by atoms with E-state index in [1.54, 1.807) is 30.3 Å². The highest BCUT2D eigenvalue weighted by Crippen LogP contribution is 2.26. The molecule has 1 aliphatic rings. The topological polar surface area (TPSA) is 160 Å². The summed E-state index contributed by atoms with van der Waals surface area (Å²) in [6.07, 6.45) is -4.33. The van der Waals surface area contributed by atoms with E-state index in [4.69, 9.17) is 19.2 Å². The standard InChI is InChI=1S/C15H20N4O7S/c1-24-15-11(18-14(21)9-6-4-3-5-7-9)13(26-27(2,22)23)12(20)10(25-15)8-17-19-16/h3-7,10-13,15,20H,8H2,1-2H3,(H,18,21)/t10-,11+,12+,13+,15-/m0/s1. The van der Waals surface area contributed by atoms with Crippen LogP contribution in [0.15, 0.2) is 35.4 Å². The Balaban J connectivity index is 2.31. The van der Waals surface area contributed by atoms with E-state index in [2.05, 4.69) is 15.3 Å². The minimum atomic E-state index is -3.99. The maximum Gasteiger partial charge on any atom is 0.264 e. The van der Waals surface area contributed by atoms with Crippen molar-refractivity contribution >= 4 is 16.0 Å². The van der Waals surface area contributed by atoms with Gasteiger partial charge >= 0.3 is 0 Å². The van der Waals surface area contributed by atoms with Crippen LogP contribution >= 0.6 is 0 Å². The first-order valence-electron chi connectivity index (χ1n) is 7.88. The first kappa shape index (κ1) is 21.1. The number of amides is 1. The molecule has 1 aromatic carbocycles. The van der Waals surface area contributed by atoms with Crippen LogP contribution in [0.1, 0.15) is 10.4 Å². The van der Waals surface area contributed by atoms with Crippen molar-refractivity contribution in [3.8, 4) is 0 Å². The number of carbonyl (C=O) groups excluding carboxylic acids is 1. The number of ether oxygens (including phenoxy) is 2. The second kappa shape index (κ2) is 9.13. The summed E-state index contributed by atoms with van der Waals surface area (Å²) >= 11 is 0. The fourth-order valence-electron chi connectivity index (χ4n) is 2.68. The van der Waals surface area contributed by atoms with Crippen molar-refractivity contribution in [2.75, 3.05) is 19.9 Å². The Labute approximate surface area is 156 Å². The van der Waals surface area contributed by atoms with E-state index in [1.165, 1.54) is 7.11 Å². The first-order chi connectivity index (χ1) is 12.8. The van der Waals surface area contributed by atoms with Gasteiger partial charge in [-0.15, -0.1) is 0 Å². The SMILES string of the molecule is CO[C@H]1O[C@@H](CN=[N+]=[N-])[C@@H](O)[C@H](OS(C)(=O)=O)[C@H]1NC(=O)c1ccccc1. The molecule has 5 atom stereocenters. The third-order valence-corrected chi connectivity index (χ3v) is 4.42. The summed E-state index contributed by atoms with van der Waals surface area (Å²) in [5.41, 5.74) is 8.78. The summed E-state index contributed by atoms with van der Waals surface area (Å²) in [4.78, 5) is 15.1. The average molecular weight is 400 g/mol. The Morgan fingerprint density at radius 2 is 2.07 bits per heavy atom. The quantitative estimate of drug-likeness (QED) is 0.285. The zero-order valence-corrected chi connectivity index (χ0v) is 15.4. The average Bonchev–Trinajstić information content (AvgIpc) is 2.63. The normalized spacial score (nSPS) is 28.2. The summed E-state index contributed by atoms with van der Waals surface area (Å²) in [5, 5.41) is 16.4. The van der Waals surface area contributed by atoms with Gasteiger partial charge in [0.2, 0.25) is 0 Å². The van der Waals surface area contributed by atoms with Gasteiger partial charge in [0, 0.05) is 17.6 Å². The zero-order valence-electron chi connectivity index (χ0n) is 14.6. The number of rotatable bonds is 7. The van der Waals surface area contributed by atoms with E-state index in [-0.39, 0.29) is 6.54 Å². The molecule has 0 spiro atoms. The molecule has 0 radical (unpaired) electrons. The molecule has 27 heavy (non-hydrogen) atoms. The Morgan fingerprint density at radius 1 is 1.41 bits per heavy atom. The predicted octanol–water partition coefficient (Wildman–Crippen LogP) is 0.172. The number of aliphatic hydroxyl groups excluding tert-OH is 1. The summed E-state index contributed by atoms with van der Waals surface area (Å²) in [7, 11) is -2.71. The summed E-state index contributed by atoms with van der Waals surface area (Å²) < 4.78 is 39.0. The van der Waals surface area contributed by atoms with E-state index >= 15 is 0 Å². The number of nitrogens with one attached hydrogen (secondary N) is 1. The molecule has 0 saturated carbocycles. The van der Waals surface area contributed by atoms with Crippen molar-refractivity contribution in [3.05, 3.63) is 46.3 Å². The van der Waals surface area contributed by atoms with Gasteiger partial charge in [-0.2, -0.15) is 8.42 Å². The molecule has 0 unspecified atom stereocenters. The Hall–Kier alpha value is -2.21. The number of hydrogen-bond donors (Lipinski definition) is 2. The lowest BCUT2D eigenvalue weighted by molar-refractivity contribution is -0.247. The number of aliphatic hydroxyl groups is 1. The van der Waals surface area contributed by atoms with Crippen molar-refractivity contribution in [2.45, 2.75) is 30.6 Å². The van der Waals surface area contributed by atoms with Gasteiger partial charge in [0.1, 0.15) is 18.2 Å². The molecule has 0 bridgehead atoms. The van der Waals surface area contributed by atoms with Crippen LogP contribution in [0.5, 0.6) is 0 Å². The Bertz CT molecular complexity index is 798. The van der Waals surface area contributed by atoms with Crippen molar-refractivity contribution in [1.82, 2.24) is 5.32 Å². The maximum absolute atomic E-state index is 12.5. The Morgan fingerprint density at radius 3 is 2.63 bits per heavy atom. The maximum atomic E-state index is 12.5. The fraction of sp³-hybridized carbons (Fsp3) is 0.533. The lowest BCUT2D eigenvalue weighted by Crippen LogP contribution is -2.65. The van der Waals surface area contributed by atoms with Crippen LogP contribution in [-0.2, 0) is 23.8 Å². The van der Waals surface area contributed by atoms with E-state index in [1.807, 2.05) is 0 Å². The molecular weight excluding hydrogens is 380 g/mol. The highest BCUT2D eigenvalue weighted by atomic mass is 32.2. The molecule has 2 rings (SSSR count). The largest absolute Gasteiger partial charge is 0.388 e. The van der Waals surface area contributed by atoms with Crippen molar-refractivity contribution < 1.29 is 32.0 Å². The number of hydrogen-bond acceptors (Lipinski definition) is 8. The fourth-order valence-corrected chi connectivity index (χ4v) is 3.32. The third kappa shape index (κ3) is 5.63. The van der Waals surface area contributed by atoms with Gasteiger partial charge in [0.05, 0.1) is 18.9 Å². The lowest BCUT2D eigenvalue weighted by Gasteiger charge is -2.43. The van der Waals surface area contributed by atoms with Crippen LogP contribution in [0, 0.1) is 0 Å². The molecule has 1 aliphatic heterocycles. The number of carbonyl (C=O) groups is 1. The smallest absolute Gasteiger partial charge is 0.264 e. The minimum Gasteiger partial charge on any atom is -0.388 e. The molecular formula is C15H20N4O7S. The predicted molar refractivity (Wildman–Crippen MR) is 93.1 cm³/mol. The van der Waals surface area contributed by atoms with Crippen LogP contribution < -0.4 is 5.32 Å². The molecule has 0 aromatic heterocycles. The van der Waals surface area contributed by atoms with Gasteiger partial charge in [-0.25, -0.2) is 0 Å².